The predicted molar refractivity (Wildman–Crippen MR) is 68.2 cm³/mol. The van der Waals surface area contributed by atoms with E-state index in [-0.39, 0.29) is 0 Å². The second-order valence-electron chi connectivity index (χ2n) is 3.92. The lowest BCUT2D eigenvalue weighted by atomic mass is 10.1. The van der Waals surface area contributed by atoms with Crippen LogP contribution in [0.1, 0.15) is 17.3 Å². The molecule has 0 radical (unpaired) electrons. The Hall–Kier alpha value is -2.09. The summed E-state index contributed by atoms with van der Waals surface area (Å²) in [5, 5.41) is 14.8. The van der Waals surface area contributed by atoms with E-state index in [0.717, 1.165) is 10.0 Å². The number of nitrogens with zero attached hydrogens (tertiary/aromatic N) is 6. The molecule has 3 rings (SSSR count). The first-order valence-corrected chi connectivity index (χ1v) is 6.35. The van der Waals surface area contributed by atoms with E-state index < -0.39 is 0 Å². The Balaban J connectivity index is 1.71. The highest BCUT2D eigenvalue weighted by molar-refractivity contribution is 9.10. The molecule has 0 aliphatic carbocycles. The van der Waals surface area contributed by atoms with Crippen molar-refractivity contribution in [2.24, 2.45) is 0 Å². The molecule has 2 heterocycles. The number of rotatable bonds is 4. The van der Waals surface area contributed by atoms with E-state index in [1.54, 1.807) is 0 Å². The third-order valence-corrected chi connectivity index (χ3v) is 2.94. The molecule has 19 heavy (non-hydrogen) atoms. The molecule has 0 amide bonds. The molecule has 0 aliphatic rings. The van der Waals surface area contributed by atoms with Gasteiger partial charge in [0.05, 0.1) is 0 Å². The molecule has 0 saturated carbocycles. The second kappa shape index (κ2) is 5.27. The van der Waals surface area contributed by atoms with E-state index in [2.05, 4.69) is 41.6 Å². The number of hydrogen-bond donors (Lipinski definition) is 0. The highest BCUT2D eigenvalue weighted by atomic mass is 79.9. The average molecular weight is 321 g/mol. The zero-order valence-electron chi connectivity index (χ0n) is 9.77. The first kappa shape index (κ1) is 12.0. The quantitative estimate of drug-likeness (QED) is 0.723. The summed E-state index contributed by atoms with van der Waals surface area (Å²) < 4.78 is 7.71. The average Bonchev–Trinajstić information content (AvgIpc) is 3.02. The van der Waals surface area contributed by atoms with Gasteiger partial charge in [0, 0.05) is 10.9 Å². The van der Waals surface area contributed by atoms with Gasteiger partial charge in [-0.05, 0) is 28.1 Å². The highest BCUT2D eigenvalue weighted by Gasteiger charge is 2.08. The molecule has 0 atom stereocenters. The lowest BCUT2D eigenvalue weighted by Crippen LogP contribution is -2.01. The summed E-state index contributed by atoms with van der Waals surface area (Å²) in [7, 11) is 0. The second-order valence-corrected chi connectivity index (χ2v) is 4.83. The minimum Gasteiger partial charge on any atom is -0.337 e. The molecule has 96 valence electrons. The van der Waals surface area contributed by atoms with Crippen molar-refractivity contribution in [2.45, 2.75) is 13.0 Å². The van der Waals surface area contributed by atoms with Gasteiger partial charge in [0.1, 0.15) is 12.9 Å². The van der Waals surface area contributed by atoms with Gasteiger partial charge in [0.25, 0.3) is 0 Å². The molecule has 0 N–H and O–H groups in total. The Morgan fingerprint density at radius 1 is 1.32 bits per heavy atom. The Labute approximate surface area is 116 Å². The molecule has 0 unspecified atom stereocenters. The van der Waals surface area contributed by atoms with Crippen molar-refractivity contribution >= 4 is 15.9 Å². The van der Waals surface area contributed by atoms with Gasteiger partial charge in [-0.15, -0.1) is 5.10 Å². The van der Waals surface area contributed by atoms with Crippen LogP contribution >= 0.6 is 15.9 Å². The molecule has 3 aromatic rings. The maximum absolute atomic E-state index is 5.15. The van der Waals surface area contributed by atoms with Crippen LogP contribution in [0.3, 0.4) is 0 Å². The van der Waals surface area contributed by atoms with Gasteiger partial charge < -0.3 is 4.52 Å². The van der Waals surface area contributed by atoms with Crippen molar-refractivity contribution < 1.29 is 4.52 Å². The summed E-state index contributed by atoms with van der Waals surface area (Å²) in [6, 6.07) is 7.99. The first-order valence-electron chi connectivity index (χ1n) is 5.56. The zero-order chi connectivity index (χ0) is 13.1. The maximum atomic E-state index is 5.15. The van der Waals surface area contributed by atoms with Gasteiger partial charge in [0.15, 0.2) is 5.82 Å². The van der Waals surface area contributed by atoms with Crippen LogP contribution in [0.25, 0.3) is 0 Å². The smallest absolute Gasteiger partial charge is 0.248 e. The monoisotopic (exact) mass is 320 g/mol. The fourth-order valence-corrected chi connectivity index (χ4v) is 2.09. The van der Waals surface area contributed by atoms with E-state index in [1.807, 2.05) is 24.3 Å². The number of benzene rings is 1. The van der Waals surface area contributed by atoms with Crippen LogP contribution in [0.2, 0.25) is 0 Å². The van der Waals surface area contributed by atoms with Crippen LogP contribution in [-0.2, 0) is 13.0 Å². The van der Waals surface area contributed by atoms with Crippen LogP contribution < -0.4 is 0 Å². The molecule has 8 heteroatoms. The minimum atomic E-state index is 0.373. The van der Waals surface area contributed by atoms with Gasteiger partial charge >= 0.3 is 0 Å². The van der Waals surface area contributed by atoms with E-state index in [9.17, 15) is 0 Å². The Morgan fingerprint density at radius 2 is 2.26 bits per heavy atom. The summed E-state index contributed by atoms with van der Waals surface area (Å²) in [5.41, 5.74) is 1.11. The molecule has 7 nitrogen and oxygen atoms in total. The van der Waals surface area contributed by atoms with Gasteiger partial charge in [-0.3, -0.25) is 0 Å². The Morgan fingerprint density at radius 3 is 3.05 bits per heavy atom. The molecule has 0 bridgehead atoms. The van der Waals surface area contributed by atoms with Crippen LogP contribution in [0.5, 0.6) is 0 Å². The van der Waals surface area contributed by atoms with Crippen LogP contribution in [0.4, 0.5) is 0 Å². The lowest BCUT2D eigenvalue weighted by molar-refractivity contribution is 0.360. The Bertz CT molecular complexity index is 665. The van der Waals surface area contributed by atoms with E-state index in [4.69, 9.17) is 4.52 Å². The van der Waals surface area contributed by atoms with Crippen molar-refractivity contribution in [1.82, 2.24) is 30.3 Å². The molecule has 1 aromatic carbocycles. The van der Waals surface area contributed by atoms with Crippen LogP contribution in [0.15, 0.2) is 39.6 Å². The van der Waals surface area contributed by atoms with E-state index in [0.29, 0.717) is 24.7 Å². The largest absolute Gasteiger partial charge is 0.337 e. The van der Waals surface area contributed by atoms with Crippen molar-refractivity contribution in [1.29, 1.82) is 0 Å². The topological polar surface area (TPSA) is 82.5 Å². The molecule has 0 saturated heterocycles. The van der Waals surface area contributed by atoms with Crippen molar-refractivity contribution in [3.8, 4) is 0 Å². The van der Waals surface area contributed by atoms with Gasteiger partial charge in [-0.1, -0.05) is 33.2 Å². The van der Waals surface area contributed by atoms with Gasteiger partial charge in [-0.2, -0.15) is 4.98 Å². The predicted octanol–water partition coefficient (Wildman–Crippen LogP) is 1.46. The molecule has 0 spiro atoms. The minimum absolute atomic E-state index is 0.373. The summed E-state index contributed by atoms with van der Waals surface area (Å²) in [4.78, 5) is 4.30. The fourth-order valence-electron chi connectivity index (χ4n) is 1.65. The van der Waals surface area contributed by atoms with Gasteiger partial charge in [0.2, 0.25) is 5.89 Å². The number of aromatic nitrogens is 6. The highest BCUT2D eigenvalue weighted by Crippen LogP contribution is 2.14. The molecule has 0 fully saturated rings. The Kier molecular flexibility index (Phi) is 3.32. The normalized spacial score (nSPS) is 10.8. The van der Waals surface area contributed by atoms with Crippen LogP contribution in [-0.4, -0.2) is 30.3 Å². The number of tetrazole rings is 1. The van der Waals surface area contributed by atoms with Crippen molar-refractivity contribution in [3.05, 3.63) is 52.3 Å². The summed E-state index contributed by atoms with van der Waals surface area (Å²) in [5.74, 6) is 1.12. The SMILES string of the molecule is Brc1cccc(Cc2noc(Cn3cnnn3)n2)c1. The van der Waals surface area contributed by atoms with Gasteiger partial charge in [-0.25, -0.2) is 4.68 Å². The van der Waals surface area contributed by atoms with E-state index in [1.165, 1.54) is 11.0 Å². The summed E-state index contributed by atoms with van der Waals surface area (Å²) in [6.07, 6.45) is 2.12. The first-order chi connectivity index (χ1) is 9.29. The molecular formula is C11H9BrN6O. The number of hydrogen-bond acceptors (Lipinski definition) is 6. The zero-order valence-corrected chi connectivity index (χ0v) is 11.4. The molecular weight excluding hydrogens is 312 g/mol. The summed E-state index contributed by atoms with van der Waals surface area (Å²) in [6.45, 7) is 0.373. The van der Waals surface area contributed by atoms with E-state index >= 15 is 0 Å². The molecule has 0 aliphatic heterocycles. The lowest BCUT2D eigenvalue weighted by Gasteiger charge is -1.96. The third-order valence-electron chi connectivity index (χ3n) is 2.45. The maximum Gasteiger partial charge on any atom is 0.248 e. The standard InChI is InChI=1S/C11H9BrN6O/c12-9-3-1-2-8(4-9)5-10-14-11(19-15-10)6-18-7-13-16-17-18/h1-4,7H,5-6H2. The van der Waals surface area contributed by atoms with Crippen LogP contribution in [0, 0.1) is 0 Å². The number of halogens is 1. The van der Waals surface area contributed by atoms with Crippen molar-refractivity contribution in [2.75, 3.05) is 0 Å². The van der Waals surface area contributed by atoms with Crippen molar-refractivity contribution in [3.63, 3.8) is 0 Å². The summed E-state index contributed by atoms with van der Waals surface area (Å²) >= 11 is 3.43. The fraction of sp³-hybridized carbons (Fsp3) is 0.182. The molecule has 2 aromatic heterocycles. The third kappa shape index (κ3) is 3.02.